The minimum atomic E-state index is -0.595. The van der Waals surface area contributed by atoms with Crippen LogP contribution in [0.3, 0.4) is 0 Å². The summed E-state index contributed by atoms with van der Waals surface area (Å²) in [4.78, 5) is 14.3. The Balaban J connectivity index is 2.42. The molecule has 3 aromatic rings. The molecule has 3 N–H and O–H groups in total. The van der Waals surface area contributed by atoms with Crippen LogP contribution in [0.1, 0.15) is 11.1 Å². The lowest BCUT2D eigenvalue weighted by Crippen LogP contribution is -2.16. The SMILES string of the molecule is N#Cc1c(N)[nH]c(=O)c(C#N)c1-c1ccc2ccccc2c1. The zero-order chi connectivity index (χ0) is 15.7. The van der Waals surface area contributed by atoms with Gasteiger partial charge in [-0.25, -0.2) is 0 Å². The van der Waals surface area contributed by atoms with Crippen LogP contribution in [-0.2, 0) is 0 Å². The van der Waals surface area contributed by atoms with Gasteiger partial charge in [0.2, 0.25) is 0 Å². The lowest BCUT2D eigenvalue weighted by Gasteiger charge is -2.09. The lowest BCUT2D eigenvalue weighted by atomic mass is 9.95. The third-order valence-corrected chi connectivity index (χ3v) is 3.51. The average Bonchev–Trinajstić information content (AvgIpc) is 2.54. The third kappa shape index (κ3) is 1.98. The molecule has 0 amide bonds. The van der Waals surface area contributed by atoms with Gasteiger partial charge in [-0.1, -0.05) is 36.4 Å². The highest BCUT2D eigenvalue weighted by atomic mass is 16.1. The zero-order valence-electron chi connectivity index (χ0n) is 11.4. The zero-order valence-corrected chi connectivity index (χ0v) is 11.4. The molecule has 0 fully saturated rings. The van der Waals surface area contributed by atoms with Crippen LogP contribution in [0.5, 0.6) is 0 Å². The highest BCUT2D eigenvalue weighted by Crippen LogP contribution is 2.30. The van der Waals surface area contributed by atoms with E-state index in [1.807, 2.05) is 48.5 Å². The van der Waals surface area contributed by atoms with E-state index in [4.69, 9.17) is 5.73 Å². The fourth-order valence-electron chi connectivity index (χ4n) is 2.48. The first kappa shape index (κ1) is 13.4. The molecule has 22 heavy (non-hydrogen) atoms. The molecular formula is C17H10N4O. The van der Waals surface area contributed by atoms with Crippen LogP contribution in [0.15, 0.2) is 47.3 Å². The second-order valence-corrected chi connectivity index (χ2v) is 4.78. The van der Waals surface area contributed by atoms with Crippen molar-refractivity contribution >= 4 is 16.6 Å². The van der Waals surface area contributed by atoms with Gasteiger partial charge in [-0.3, -0.25) is 4.79 Å². The molecule has 0 aliphatic rings. The first-order chi connectivity index (χ1) is 10.7. The van der Waals surface area contributed by atoms with E-state index in [-0.39, 0.29) is 22.5 Å². The van der Waals surface area contributed by atoms with Gasteiger partial charge >= 0.3 is 0 Å². The number of nitriles is 2. The molecule has 0 aliphatic heterocycles. The van der Waals surface area contributed by atoms with Crippen molar-refractivity contribution in [3.63, 3.8) is 0 Å². The third-order valence-electron chi connectivity index (χ3n) is 3.51. The van der Waals surface area contributed by atoms with E-state index < -0.39 is 5.56 Å². The van der Waals surface area contributed by atoms with Gasteiger partial charge in [-0.05, 0) is 22.4 Å². The number of benzene rings is 2. The van der Waals surface area contributed by atoms with Gasteiger partial charge in [-0.15, -0.1) is 0 Å². The predicted octanol–water partition coefficient (Wildman–Crippen LogP) is 2.52. The fraction of sp³-hybridized carbons (Fsp3) is 0. The monoisotopic (exact) mass is 286 g/mol. The van der Waals surface area contributed by atoms with Crippen LogP contribution in [0.4, 0.5) is 5.82 Å². The average molecular weight is 286 g/mol. The number of hydrogen-bond acceptors (Lipinski definition) is 4. The van der Waals surface area contributed by atoms with Crippen LogP contribution < -0.4 is 11.3 Å². The van der Waals surface area contributed by atoms with E-state index in [1.165, 1.54) is 0 Å². The van der Waals surface area contributed by atoms with Crippen molar-refractivity contribution in [1.82, 2.24) is 4.98 Å². The van der Waals surface area contributed by atoms with Gasteiger partial charge in [0.1, 0.15) is 29.1 Å². The molecule has 5 nitrogen and oxygen atoms in total. The molecule has 0 bridgehead atoms. The fourth-order valence-corrected chi connectivity index (χ4v) is 2.48. The van der Waals surface area contributed by atoms with E-state index in [2.05, 4.69) is 4.98 Å². The Kier molecular flexibility index (Phi) is 3.10. The maximum atomic E-state index is 11.9. The molecule has 0 aliphatic carbocycles. The Morgan fingerprint density at radius 1 is 0.955 bits per heavy atom. The molecule has 1 aromatic heterocycles. The number of fused-ring (bicyclic) bond motifs is 1. The number of nitrogens with zero attached hydrogens (tertiary/aromatic N) is 2. The molecule has 0 atom stereocenters. The molecule has 0 unspecified atom stereocenters. The number of pyridine rings is 1. The van der Waals surface area contributed by atoms with E-state index in [0.29, 0.717) is 5.56 Å². The second kappa shape index (κ2) is 5.08. The van der Waals surface area contributed by atoms with E-state index in [1.54, 1.807) is 6.07 Å². The number of aromatic nitrogens is 1. The Morgan fingerprint density at radius 3 is 2.32 bits per heavy atom. The normalized spacial score (nSPS) is 10.1. The molecule has 3 rings (SSSR count). The molecule has 1 heterocycles. The Morgan fingerprint density at radius 2 is 1.64 bits per heavy atom. The van der Waals surface area contributed by atoms with Crippen molar-refractivity contribution in [2.45, 2.75) is 0 Å². The lowest BCUT2D eigenvalue weighted by molar-refractivity contribution is 1.21. The number of nitrogens with two attached hydrogens (primary N) is 1. The second-order valence-electron chi connectivity index (χ2n) is 4.78. The van der Waals surface area contributed by atoms with Crippen molar-refractivity contribution in [1.29, 1.82) is 10.5 Å². The summed E-state index contributed by atoms with van der Waals surface area (Å²) in [6.07, 6.45) is 0. The minimum Gasteiger partial charge on any atom is -0.384 e. The number of hydrogen-bond donors (Lipinski definition) is 2. The molecule has 0 spiro atoms. The number of H-pyrrole nitrogens is 1. The maximum Gasteiger partial charge on any atom is 0.268 e. The Labute approximate surface area is 125 Å². The highest BCUT2D eigenvalue weighted by molar-refractivity contribution is 5.90. The van der Waals surface area contributed by atoms with Gasteiger partial charge in [0.25, 0.3) is 5.56 Å². The number of nitrogens with one attached hydrogen (secondary N) is 1. The van der Waals surface area contributed by atoms with Gasteiger partial charge < -0.3 is 10.7 Å². The largest absolute Gasteiger partial charge is 0.384 e. The van der Waals surface area contributed by atoms with Crippen LogP contribution in [0.25, 0.3) is 21.9 Å². The molecule has 104 valence electrons. The summed E-state index contributed by atoms with van der Waals surface area (Å²) in [7, 11) is 0. The molecule has 0 saturated heterocycles. The smallest absolute Gasteiger partial charge is 0.268 e. The summed E-state index contributed by atoms with van der Waals surface area (Å²) in [5.41, 5.74) is 6.01. The molecule has 5 heteroatoms. The summed E-state index contributed by atoms with van der Waals surface area (Å²) >= 11 is 0. The summed E-state index contributed by atoms with van der Waals surface area (Å²) < 4.78 is 0. The van der Waals surface area contributed by atoms with E-state index >= 15 is 0 Å². The Hall–Kier alpha value is -3.57. The highest BCUT2D eigenvalue weighted by Gasteiger charge is 2.18. The standard InChI is InChI=1S/C17H10N4O/c18-8-13-15(14(9-19)17(22)21-16(13)20)12-6-5-10-3-1-2-4-11(10)7-12/h1-7H,(H3,20,21,22). The maximum absolute atomic E-state index is 11.9. The van der Waals surface area contributed by atoms with Gasteiger partial charge in [0, 0.05) is 5.56 Å². The minimum absolute atomic E-state index is 0.0327. The van der Waals surface area contributed by atoms with Crippen molar-refractivity contribution in [2.24, 2.45) is 0 Å². The molecular weight excluding hydrogens is 276 g/mol. The van der Waals surface area contributed by atoms with Gasteiger partial charge in [0.15, 0.2) is 0 Å². The first-order valence-electron chi connectivity index (χ1n) is 6.51. The molecule has 2 aromatic carbocycles. The summed E-state index contributed by atoms with van der Waals surface area (Å²) in [6, 6.07) is 17.0. The summed E-state index contributed by atoms with van der Waals surface area (Å²) in [5, 5.41) is 20.6. The predicted molar refractivity (Wildman–Crippen MR) is 83.8 cm³/mol. The van der Waals surface area contributed by atoms with Crippen molar-refractivity contribution in [3.8, 4) is 23.3 Å². The topological polar surface area (TPSA) is 106 Å². The van der Waals surface area contributed by atoms with E-state index in [9.17, 15) is 15.3 Å². The van der Waals surface area contributed by atoms with Crippen LogP contribution in [0, 0.1) is 22.7 Å². The molecule has 0 saturated carbocycles. The van der Waals surface area contributed by atoms with Gasteiger partial charge in [0.05, 0.1) is 0 Å². The van der Waals surface area contributed by atoms with Crippen LogP contribution in [0.2, 0.25) is 0 Å². The van der Waals surface area contributed by atoms with Gasteiger partial charge in [-0.2, -0.15) is 10.5 Å². The number of anilines is 1. The first-order valence-corrected chi connectivity index (χ1v) is 6.51. The van der Waals surface area contributed by atoms with Crippen LogP contribution in [-0.4, -0.2) is 4.98 Å². The van der Waals surface area contributed by atoms with Crippen molar-refractivity contribution in [2.75, 3.05) is 5.73 Å². The number of aromatic amines is 1. The summed E-state index contributed by atoms with van der Waals surface area (Å²) in [6.45, 7) is 0. The Bertz CT molecular complexity index is 1040. The number of rotatable bonds is 1. The van der Waals surface area contributed by atoms with E-state index in [0.717, 1.165) is 10.8 Å². The number of nitrogen functional groups attached to an aromatic ring is 1. The van der Waals surface area contributed by atoms with Crippen molar-refractivity contribution < 1.29 is 0 Å². The quantitative estimate of drug-likeness (QED) is 0.716. The molecule has 0 radical (unpaired) electrons. The van der Waals surface area contributed by atoms with Crippen molar-refractivity contribution in [3.05, 3.63) is 63.9 Å². The van der Waals surface area contributed by atoms with Crippen LogP contribution >= 0.6 is 0 Å². The summed E-state index contributed by atoms with van der Waals surface area (Å²) in [5.74, 6) is -0.0327.